The quantitative estimate of drug-likeness (QED) is 0.274. The highest BCUT2D eigenvalue weighted by Crippen LogP contribution is 2.32. The molecule has 0 saturated heterocycles. The SMILES string of the molecule is C[C@@H](CCCn1ccc2cc(-c3ccc(F)c(C(F)F)n3)c(F)cc2c1=O)Nc1cn[nH]c(=O)c1C(F)(F)F. The largest absolute Gasteiger partial charge is 0.423 e. The number of halogens is 7. The summed E-state index contributed by atoms with van der Waals surface area (Å²) < 4.78 is 95.4. The van der Waals surface area contributed by atoms with Crippen molar-refractivity contribution in [1.29, 1.82) is 0 Å². The Kier molecular flexibility index (Phi) is 7.74. The predicted octanol–water partition coefficient (Wildman–Crippen LogP) is 5.66. The van der Waals surface area contributed by atoms with Gasteiger partial charge in [0.2, 0.25) is 0 Å². The van der Waals surface area contributed by atoms with E-state index in [2.05, 4.69) is 15.4 Å². The average Bonchev–Trinajstić information content (AvgIpc) is 2.85. The lowest BCUT2D eigenvalue weighted by Gasteiger charge is -2.18. The van der Waals surface area contributed by atoms with Gasteiger partial charge in [-0.2, -0.15) is 18.3 Å². The molecule has 14 heteroatoms. The summed E-state index contributed by atoms with van der Waals surface area (Å²) in [4.78, 5) is 28.0. The van der Waals surface area contributed by atoms with Gasteiger partial charge in [-0.25, -0.2) is 27.6 Å². The minimum absolute atomic E-state index is 0.00511. The number of hydrogen-bond donors (Lipinski definition) is 2. The average molecular weight is 555 g/mol. The van der Waals surface area contributed by atoms with Gasteiger partial charge in [0.05, 0.1) is 23.0 Å². The molecule has 0 unspecified atom stereocenters. The van der Waals surface area contributed by atoms with Crippen LogP contribution in [0.25, 0.3) is 22.0 Å². The van der Waals surface area contributed by atoms with Gasteiger partial charge >= 0.3 is 6.18 Å². The predicted molar refractivity (Wildman–Crippen MR) is 128 cm³/mol. The van der Waals surface area contributed by atoms with Crippen molar-refractivity contribution >= 4 is 16.5 Å². The number of nitrogens with one attached hydrogen (secondary N) is 2. The Balaban J connectivity index is 1.50. The summed E-state index contributed by atoms with van der Waals surface area (Å²) in [6, 6.07) is 5.01. The molecule has 4 aromatic rings. The Labute approximate surface area is 215 Å². The van der Waals surface area contributed by atoms with E-state index in [-0.39, 0.29) is 23.2 Å². The zero-order valence-electron chi connectivity index (χ0n) is 20.1. The number of H-pyrrole nitrogens is 1. The van der Waals surface area contributed by atoms with E-state index in [1.165, 1.54) is 22.9 Å². The first-order valence-electron chi connectivity index (χ1n) is 11.6. The fourth-order valence-corrected chi connectivity index (χ4v) is 4.13. The van der Waals surface area contributed by atoms with Crippen LogP contribution in [-0.4, -0.2) is 25.8 Å². The maximum absolute atomic E-state index is 14.9. The number of alkyl halides is 5. The van der Waals surface area contributed by atoms with Gasteiger partial charge < -0.3 is 9.88 Å². The molecule has 0 aliphatic rings. The Morgan fingerprint density at radius 3 is 2.51 bits per heavy atom. The maximum Gasteiger partial charge on any atom is 0.423 e. The lowest BCUT2D eigenvalue weighted by Crippen LogP contribution is -2.27. The van der Waals surface area contributed by atoms with Crippen LogP contribution in [0, 0.1) is 11.6 Å². The molecule has 4 rings (SSSR count). The number of pyridine rings is 2. The van der Waals surface area contributed by atoms with Gasteiger partial charge in [-0.3, -0.25) is 9.59 Å². The van der Waals surface area contributed by atoms with Gasteiger partial charge in [0.1, 0.15) is 17.1 Å². The molecule has 0 radical (unpaired) electrons. The molecule has 0 saturated carbocycles. The summed E-state index contributed by atoms with van der Waals surface area (Å²) in [6.45, 7) is 1.76. The van der Waals surface area contributed by atoms with Crippen molar-refractivity contribution in [3.63, 3.8) is 0 Å². The molecular weight excluding hydrogens is 535 g/mol. The summed E-state index contributed by atoms with van der Waals surface area (Å²) in [6.07, 6.45) is -5.12. The van der Waals surface area contributed by atoms with Crippen molar-refractivity contribution in [2.45, 2.75) is 45.0 Å². The molecule has 39 heavy (non-hydrogen) atoms. The Hall–Kier alpha value is -4.23. The van der Waals surface area contributed by atoms with Crippen molar-refractivity contribution in [1.82, 2.24) is 19.7 Å². The highest BCUT2D eigenvalue weighted by atomic mass is 19.4. The third kappa shape index (κ3) is 5.94. The van der Waals surface area contributed by atoms with Gasteiger partial charge in [-0.15, -0.1) is 0 Å². The molecule has 1 aromatic carbocycles. The number of rotatable bonds is 8. The van der Waals surface area contributed by atoms with E-state index in [4.69, 9.17) is 0 Å². The van der Waals surface area contributed by atoms with Gasteiger partial charge in [0.25, 0.3) is 17.5 Å². The minimum Gasteiger partial charge on any atom is -0.381 e. The van der Waals surface area contributed by atoms with E-state index in [9.17, 15) is 40.3 Å². The smallest absolute Gasteiger partial charge is 0.381 e. The van der Waals surface area contributed by atoms with Crippen LogP contribution >= 0.6 is 0 Å². The van der Waals surface area contributed by atoms with E-state index in [1.54, 1.807) is 12.0 Å². The zero-order valence-corrected chi connectivity index (χ0v) is 20.1. The number of nitrogens with zero attached hydrogens (tertiary/aromatic N) is 3. The number of hydrogen-bond acceptors (Lipinski definition) is 5. The first-order valence-corrected chi connectivity index (χ1v) is 11.6. The van der Waals surface area contributed by atoms with Crippen molar-refractivity contribution in [2.24, 2.45) is 0 Å². The summed E-state index contributed by atoms with van der Waals surface area (Å²) in [5.74, 6) is -2.14. The molecule has 0 spiro atoms. The fraction of sp³-hybridized carbons (Fsp3) is 0.280. The summed E-state index contributed by atoms with van der Waals surface area (Å²) >= 11 is 0. The number of fused-ring (bicyclic) bond motifs is 1. The standard InChI is InChI=1S/C25H20F7N5O2/c1-12(34-19-11-33-36-23(38)20(19)25(30,31)32)3-2-7-37-8-6-13-9-15(17(27)10-14(13)24(37)39)18-5-4-16(26)21(35-18)22(28)29/h4-6,8-12,22H,2-3,7H2,1H3,(H2,34,36,38)/t12-/m0/s1. The monoisotopic (exact) mass is 555 g/mol. The second kappa shape index (κ2) is 10.9. The molecule has 7 nitrogen and oxygen atoms in total. The zero-order chi connectivity index (χ0) is 28.5. The molecule has 0 bridgehead atoms. The van der Waals surface area contributed by atoms with Crippen LogP contribution in [0.5, 0.6) is 0 Å². The fourth-order valence-electron chi connectivity index (χ4n) is 4.13. The first-order chi connectivity index (χ1) is 18.4. The number of anilines is 1. The van der Waals surface area contributed by atoms with E-state index in [0.717, 1.165) is 24.4 Å². The molecule has 0 aliphatic heterocycles. The number of aromatic nitrogens is 4. The molecule has 0 aliphatic carbocycles. The second-order valence-electron chi connectivity index (χ2n) is 8.77. The van der Waals surface area contributed by atoms with E-state index >= 15 is 0 Å². The third-order valence-electron chi connectivity index (χ3n) is 6.00. The van der Waals surface area contributed by atoms with Gasteiger partial charge in [-0.05, 0) is 55.5 Å². The molecule has 0 amide bonds. The summed E-state index contributed by atoms with van der Waals surface area (Å²) in [7, 11) is 0. The van der Waals surface area contributed by atoms with Gasteiger partial charge in [0.15, 0.2) is 5.82 Å². The second-order valence-corrected chi connectivity index (χ2v) is 8.77. The van der Waals surface area contributed by atoms with E-state index in [0.29, 0.717) is 18.2 Å². The minimum atomic E-state index is -4.88. The highest BCUT2D eigenvalue weighted by Gasteiger charge is 2.37. The highest BCUT2D eigenvalue weighted by molar-refractivity contribution is 5.86. The Bertz CT molecular complexity index is 1630. The maximum atomic E-state index is 14.9. The van der Waals surface area contributed by atoms with Crippen molar-refractivity contribution < 1.29 is 30.7 Å². The van der Waals surface area contributed by atoms with Crippen LogP contribution in [-0.2, 0) is 12.7 Å². The normalized spacial score (nSPS) is 12.7. The molecular formula is C25H20F7N5O2. The van der Waals surface area contributed by atoms with Crippen LogP contribution in [0.15, 0.2) is 52.3 Å². The molecule has 2 N–H and O–H groups in total. The molecule has 0 fully saturated rings. The number of aryl methyl sites for hydroxylation is 1. The van der Waals surface area contributed by atoms with E-state index < -0.39 is 58.3 Å². The Morgan fingerprint density at radius 1 is 1.08 bits per heavy atom. The molecule has 3 heterocycles. The van der Waals surface area contributed by atoms with Crippen LogP contribution < -0.4 is 16.4 Å². The van der Waals surface area contributed by atoms with Crippen LogP contribution in [0.2, 0.25) is 0 Å². The van der Waals surface area contributed by atoms with Crippen molar-refractivity contribution in [3.8, 4) is 11.3 Å². The number of benzene rings is 1. The van der Waals surface area contributed by atoms with Crippen LogP contribution in [0.1, 0.15) is 37.4 Å². The third-order valence-corrected chi connectivity index (χ3v) is 6.00. The first kappa shape index (κ1) is 27.8. The van der Waals surface area contributed by atoms with Gasteiger partial charge in [-0.1, -0.05) is 0 Å². The molecule has 3 aromatic heterocycles. The Morgan fingerprint density at radius 2 is 1.82 bits per heavy atom. The van der Waals surface area contributed by atoms with Crippen molar-refractivity contribution in [3.05, 3.63) is 86.3 Å². The number of aromatic amines is 1. The van der Waals surface area contributed by atoms with Crippen molar-refractivity contribution in [2.75, 3.05) is 5.32 Å². The van der Waals surface area contributed by atoms with Crippen LogP contribution in [0.3, 0.4) is 0 Å². The van der Waals surface area contributed by atoms with Gasteiger partial charge in [0, 0.05) is 24.3 Å². The molecule has 1 atom stereocenters. The lowest BCUT2D eigenvalue weighted by molar-refractivity contribution is -0.138. The van der Waals surface area contributed by atoms with E-state index in [1.807, 2.05) is 0 Å². The summed E-state index contributed by atoms with van der Waals surface area (Å²) in [5, 5.41) is 8.07. The lowest BCUT2D eigenvalue weighted by atomic mass is 10.0. The molecule has 206 valence electrons. The topological polar surface area (TPSA) is 92.7 Å². The van der Waals surface area contributed by atoms with Crippen LogP contribution in [0.4, 0.5) is 36.4 Å². The summed E-state index contributed by atoms with van der Waals surface area (Å²) in [5.41, 5.74) is -5.30.